The van der Waals surface area contributed by atoms with Crippen LogP contribution in [0.25, 0.3) is 0 Å². The first kappa shape index (κ1) is 17.6. The van der Waals surface area contributed by atoms with Gasteiger partial charge in [-0.15, -0.1) is 0 Å². The molecular weight excluding hydrogens is 350 g/mol. The molecule has 2 atom stereocenters. The smallest absolute Gasteiger partial charge is 0.123 e. The average Bonchev–Trinajstić information content (AvgIpc) is 3.00. The first-order valence-electron chi connectivity index (χ1n) is 7.75. The Labute approximate surface area is 150 Å². The maximum Gasteiger partial charge on any atom is 0.123 e. The Hall–Kier alpha value is -1.24. The summed E-state index contributed by atoms with van der Waals surface area (Å²) in [5, 5.41) is 1.15. The first-order chi connectivity index (χ1) is 11.5. The van der Waals surface area contributed by atoms with E-state index in [-0.39, 0.29) is 11.9 Å². The highest BCUT2D eigenvalue weighted by Gasteiger charge is 2.29. The summed E-state index contributed by atoms with van der Waals surface area (Å²) in [6.45, 7) is 2.33. The highest BCUT2D eigenvalue weighted by molar-refractivity contribution is 6.35. The fraction of sp³-hybridized carbons (Fsp3) is 0.353. The highest BCUT2D eigenvalue weighted by atomic mass is 35.5. The summed E-state index contributed by atoms with van der Waals surface area (Å²) in [5.41, 5.74) is 8.42. The lowest BCUT2D eigenvalue weighted by Gasteiger charge is -2.25. The van der Waals surface area contributed by atoms with E-state index in [9.17, 15) is 4.39 Å². The van der Waals surface area contributed by atoms with E-state index in [2.05, 4.69) is 20.7 Å². The lowest BCUT2D eigenvalue weighted by molar-refractivity contribution is 0.262. The third-order valence-corrected chi connectivity index (χ3v) is 4.90. The number of aromatic nitrogens is 1. The predicted molar refractivity (Wildman–Crippen MR) is 94.4 cm³/mol. The minimum Gasteiger partial charge on any atom is -0.302 e. The molecule has 1 aliphatic rings. The summed E-state index contributed by atoms with van der Waals surface area (Å²) in [4.78, 5) is 6.16. The maximum atomic E-state index is 13.1. The van der Waals surface area contributed by atoms with Crippen molar-refractivity contribution < 1.29 is 4.39 Å². The number of benzene rings is 1. The van der Waals surface area contributed by atoms with Gasteiger partial charge in [0.1, 0.15) is 5.82 Å². The molecule has 0 bridgehead atoms. The Kier molecular flexibility index (Phi) is 5.69. The fourth-order valence-corrected chi connectivity index (χ4v) is 3.54. The van der Waals surface area contributed by atoms with Crippen LogP contribution in [-0.4, -0.2) is 30.0 Å². The Morgan fingerprint density at radius 1 is 1.21 bits per heavy atom. The van der Waals surface area contributed by atoms with Crippen LogP contribution < -0.4 is 10.9 Å². The van der Waals surface area contributed by atoms with Gasteiger partial charge in [0.15, 0.2) is 0 Å². The number of halogens is 3. The van der Waals surface area contributed by atoms with E-state index in [1.807, 2.05) is 19.2 Å². The van der Waals surface area contributed by atoms with Crippen LogP contribution in [0.15, 0.2) is 36.7 Å². The zero-order valence-corrected chi connectivity index (χ0v) is 14.8. The van der Waals surface area contributed by atoms with Gasteiger partial charge in [-0.2, -0.15) is 0 Å². The molecule has 3 rings (SSSR count). The summed E-state index contributed by atoms with van der Waals surface area (Å²) in [5.74, 6) is 0.125. The quantitative estimate of drug-likeness (QED) is 0.847. The van der Waals surface area contributed by atoms with Gasteiger partial charge in [0, 0.05) is 43.5 Å². The summed E-state index contributed by atoms with van der Waals surface area (Å²) in [6.07, 6.45) is 3.22. The van der Waals surface area contributed by atoms with Gasteiger partial charge >= 0.3 is 0 Å². The molecule has 1 aromatic carbocycles. The van der Waals surface area contributed by atoms with Gasteiger partial charge in [-0.25, -0.2) is 9.82 Å². The molecule has 24 heavy (non-hydrogen) atoms. The fourth-order valence-electron chi connectivity index (χ4n) is 3.06. The topological polar surface area (TPSA) is 40.2 Å². The van der Waals surface area contributed by atoms with Crippen molar-refractivity contribution in [3.63, 3.8) is 0 Å². The summed E-state index contributed by atoms with van der Waals surface area (Å²) in [7, 11) is 2.03. The van der Waals surface area contributed by atoms with Crippen molar-refractivity contribution >= 4 is 23.2 Å². The largest absolute Gasteiger partial charge is 0.302 e. The number of rotatable bonds is 5. The molecule has 4 nitrogen and oxygen atoms in total. The standard InChI is InChI=1S/C17H19Cl2FN4/c1-24(10-14-15(18)7-21-8-16(14)19)9-12-6-22-23-17(12)11-2-4-13(20)5-3-11/h2-5,7-8,12,17,22-23H,6,9-10H2,1H3. The zero-order valence-electron chi connectivity index (χ0n) is 13.3. The second-order valence-electron chi connectivity index (χ2n) is 6.09. The molecular formula is C17H19Cl2FN4. The normalized spacial score (nSPS) is 20.7. The lowest BCUT2D eigenvalue weighted by atomic mass is 9.94. The van der Waals surface area contributed by atoms with E-state index in [0.29, 0.717) is 22.5 Å². The molecule has 0 aliphatic carbocycles. The minimum absolute atomic E-state index is 0.136. The Morgan fingerprint density at radius 3 is 2.54 bits per heavy atom. The van der Waals surface area contributed by atoms with Crippen LogP contribution in [0.2, 0.25) is 10.0 Å². The molecule has 2 unspecified atom stereocenters. The molecule has 0 spiro atoms. The number of hydrogen-bond donors (Lipinski definition) is 2. The molecule has 0 radical (unpaired) electrons. The van der Waals surface area contributed by atoms with Gasteiger partial charge in [-0.3, -0.25) is 10.4 Å². The van der Waals surface area contributed by atoms with Gasteiger partial charge in [0.05, 0.1) is 16.1 Å². The van der Waals surface area contributed by atoms with E-state index >= 15 is 0 Å². The van der Waals surface area contributed by atoms with Gasteiger partial charge in [0.2, 0.25) is 0 Å². The molecule has 2 heterocycles. The van der Waals surface area contributed by atoms with Crippen molar-refractivity contribution in [3.05, 3.63) is 63.6 Å². The van der Waals surface area contributed by atoms with Crippen molar-refractivity contribution in [1.82, 2.24) is 20.7 Å². The van der Waals surface area contributed by atoms with Gasteiger partial charge < -0.3 is 4.90 Å². The van der Waals surface area contributed by atoms with Crippen LogP contribution in [0.3, 0.4) is 0 Å². The van der Waals surface area contributed by atoms with Gasteiger partial charge in [-0.05, 0) is 24.7 Å². The van der Waals surface area contributed by atoms with E-state index in [4.69, 9.17) is 23.2 Å². The van der Waals surface area contributed by atoms with Crippen LogP contribution in [0, 0.1) is 11.7 Å². The minimum atomic E-state index is -0.222. The number of hydrazine groups is 1. The third-order valence-electron chi connectivity index (χ3n) is 4.25. The summed E-state index contributed by atoms with van der Waals surface area (Å²) < 4.78 is 13.1. The zero-order chi connectivity index (χ0) is 17.1. The Morgan fingerprint density at radius 2 is 1.88 bits per heavy atom. The molecule has 128 valence electrons. The SMILES string of the molecule is CN(Cc1c(Cl)cncc1Cl)CC1CNNC1c1ccc(F)cc1. The molecule has 0 amide bonds. The van der Waals surface area contributed by atoms with Crippen molar-refractivity contribution in [2.45, 2.75) is 12.6 Å². The second-order valence-corrected chi connectivity index (χ2v) is 6.91. The summed E-state index contributed by atoms with van der Waals surface area (Å²) in [6, 6.07) is 6.77. The first-order valence-corrected chi connectivity index (χ1v) is 8.50. The van der Waals surface area contributed by atoms with Crippen LogP contribution in [-0.2, 0) is 6.54 Å². The van der Waals surface area contributed by atoms with E-state index in [1.54, 1.807) is 12.4 Å². The highest BCUT2D eigenvalue weighted by Crippen LogP contribution is 2.28. The molecule has 2 N–H and O–H groups in total. The Balaban J connectivity index is 1.67. The number of pyridine rings is 1. The molecule has 1 aromatic heterocycles. The molecule has 1 saturated heterocycles. The molecule has 1 fully saturated rings. The number of nitrogens with one attached hydrogen (secondary N) is 2. The van der Waals surface area contributed by atoms with Crippen molar-refractivity contribution in [2.75, 3.05) is 20.1 Å². The second kappa shape index (κ2) is 7.76. The third kappa shape index (κ3) is 4.05. The van der Waals surface area contributed by atoms with Crippen LogP contribution in [0.4, 0.5) is 4.39 Å². The van der Waals surface area contributed by atoms with Gasteiger partial charge in [-0.1, -0.05) is 35.3 Å². The molecule has 2 aromatic rings. The van der Waals surface area contributed by atoms with Crippen LogP contribution >= 0.6 is 23.2 Å². The van der Waals surface area contributed by atoms with Gasteiger partial charge in [0.25, 0.3) is 0 Å². The molecule has 1 aliphatic heterocycles. The van der Waals surface area contributed by atoms with Crippen LogP contribution in [0.1, 0.15) is 17.2 Å². The van der Waals surface area contributed by atoms with E-state index in [0.717, 1.165) is 24.2 Å². The van der Waals surface area contributed by atoms with E-state index < -0.39 is 0 Å². The monoisotopic (exact) mass is 368 g/mol. The predicted octanol–water partition coefficient (Wildman–Crippen LogP) is 3.42. The number of hydrogen-bond acceptors (Lipinski definition) is 4. The Bertz CT molecular complexity index is 675. The lowest BCUT2D eigenvalue weighted by Crippen LogP contribution is -2.30. The molecule has 7 heteroatoms. The van der Waals surface area contributed by atoms with Crippen molar-refractivity contribution in [3.8, 4) is 0 Å². The number of nitrogens with zero attached hydrogens (tertiary/aromatic N) is 2. The van der Waals surface area contributed by atoms with Crippen molar-refractivity contribution in [2.24, 2.45) is 5.92 Å². The van der Waals surface area contributed by atoms with Crippen molar-refractivity contribution in [1.29, 1.82) is 0 Å². The summed E-state index contributed by atoms with van der Waals surface area (Å²) >= 11 is 12.4. The molecule has 0 saturated carbocycles. The van der Waals surface area contributed by atoms with E-state index in [1.165, 1.54) is 12.1 Å². The average molecular weight is 369 g/mol. The van der Waals surface area contributed by atoms with Crippen LogP contribution in [0.5, 0.6) is 0 Å². The maximum absolute atomic E-state index is 13.1.